The first-order valence-electron chi connectivity index (χ1n) is 11.6. The van der Waals surface area contributed by atoms with E-state index in [0.29, 0.717) is 38.9 Å². The molecule has 192 valence electrons. The van der Waals surface area contributed by atoms with Gasteiger partial charge in [-0.25, -0.2) is 0 Å². The van der Waals surface area contributed by atoms with Crippen LogP contribution in [0.25, 0.3) is 15.9 Å². The number of fused-ring (bicyclic) bond motifs is 1. The van der Waals surface area contributed by atoms with Crippen molar-refractivity contribution in [2.75, 3.05) is 0 Å². The van der Waals surface area contributed by atoms with E-state index in [4.69, 9.17) is 11.6 Å². The van der Waals surface area contributed by atoms with Gasteiger partial charge in [0.05, 0.1) is 17.1 Å². The van der Waals surface area contributed by atoms with Crippen LogP contribution < -0.4 is 5.32 Å². The Hall–Kier alpha value is -4.35. The number of amides is 1. The summed E-state index contributed by atoms with van der Waals surface area (Å²) in [4.78, 5) is 39.0. The van der Waals surface area contributed by atoms with Crippen molar-refractivity contribution in [1.29, 1.82) is 0 Å². The average molecular weight is 549 g/mol. The molecule has 0 spiro atoms. The fourth-order valence-electron chi connectivity index (χ4n) is 4.14. The van der Waals surface area contributed by atoms with E-state index in [9.17, 15) is 19.5 Å². The van der Waals surface area contributed by atoms with E-state index in [1.165, 1.54) is 20.6 Å². The molecule has 0 bridgehead atoms. The molecule has 0 fully saturated rings. The third-order valence-electron chi connectivity index (χ3n) is 5.95. The van der Waals surface area contributed by atoms with Crippen LogP contribution in [0.5, 0.6) is 0 Å². The SMILES string of the molecule is CCc1cc(C(=O)c2ccccc2Cl)c(-n2nnnc2CNC(=O)c2cc3ccccc3n2CC(=O)O)s1. The minimum Gasteiger partial charge on any atom is -0.480 e. The molecule has 0 unspecified atom stereocenters. The van der Waals surface area contributed by atoms with Gasteiger partial charge in [0.2, 0.25) is 0 Å². The molecule has 1 amide bonds. The summed E-state index contributed by atoms with van der Waals surface area (Å²) in [6.45, 7) is 1.56. The molecule has 0 saturated carbocycles. The zero-order chi connectivity index (χ0) is 26.8. The van der Waals surface area contributed by atoms with Crippen LogP contribution in [0.1, 0.15) is 44.0 Å². The number of tetrazole rings is 1. The van der Waals surface area contributed by atoms with Gasteiger partial charge in [0.25, 0.3) is 5.91 Å². The molecule has 0 aliphatic rings. The van der Waals surface area contributed by atoms with Crippen LogP contribution in [0.2, 0.25) is 5.02 Å². The number of para-hydroxylation sites is 1. The van der Waals surface area contributed by atoms with Crippen molar-refractivity contribution in [3.63, 3.8) is 0 Å². The predicted octanol–water partition coefficient (Wildman–Crippen LogP) is 4.14. The van der Waals surface area contributed by atoms with Crippen molar-refractivity contribution < 1.29 is 19.5 Å². The number of aliphatic carboxylic acids is 1. The number of rotatable bonds is 9. The van der Waals surface area contributed by atoms with Crippen LogP contribution in [0, 0.1) is 0 Å². The van der Waals surface area contributed by atoms with Gasteiger partial charge in [0, 0.05) is 21.3 Å². The highest BCUT2D eigenvalue weighted by molar-refractivity contribution is 7.15. The van der Waals surface area contributed by atoms with E-state index in [1.807, 2.05) is 19.1 Å². The Morgan fingerprint density at radius 1 is 1.05 bits per heavy atom. The Labute approximate surface area is 225 Å². The van der Waals surface area contributed by atoms with Crippen molar-refractivity contribution >= 4 is 51.5 Å². The zero-order valence-corrected chi connectivity index (χ0v) is 21.7. The van der Waals surface area contributed by atoms with Gasteiger partial charge in [-0.05, 0) is 47.2 Å². The number of halogens is 1. The topological polar surface area (TPSA) is 132 Å². The number of hydrogen-bond donors (Lipinski definition) is 2. The first-order valence-corrected chi connectivity index (χ1v) is 12.8. The van der Waals surface area contributed by atoms with E-state index >= 15 is 0 Å². The normalized spacial score (nSPS) is 11.1. The number of carboxylic acids is 1. The number of nitrogens with one attached hydrogen (secondary N) is 1. The number of thiophene rings is 1. The number of benzene rings is 2. The maximum atomic E-state index is 13.4. The number of aromatic nitrogens is 5. The summed E-state index contributed by atoms with van der Waals surface area (Å²) in [5.41, 5.74) is 1.61. The smallest absolute Gasteiger partial charge is 0.323 e. The third-order valence-corrected chi connectivity index (χ3v) is 7.53. The van der Waals surface area contributed by atoms with Gasteiger partial charge in [-0.3, -0.25) is 14.4 Å². The fraction of sp³-hybridized carbons (Fsp3) is 0.154. The lowest BCUT2D eigenvalue weighted by molar-refractivity contribution is -0.137. The van der Waals surface area contributed by atoms with Crippen LogP contribution >= 0.6 is 22.9 Å². The number of ketones is 1. The van der Waals surface area contributed by atoms with Crippen molar-refractivity contribution in [3.05, 3.63) is 93.2 Å². The number of nitrogens with zero attached hydrogens (tertiary/aromatic N) is 5. The van der Waals surface area contributed by atoms with E-state index in [2.05, 4.69) is 20.8 Å². The Morgan fingerprint density at radius 3 is 2.58 bits per heavy atom. The maximum absolute atomic E-state index is 13.4. The van der Waals surface area contributed by atoms with Gasteiger partial charge in [0.1, 0.15) is 17.2 Å². The van der Waals surface area contributed by atoms with Crippen LogP contribution in [-0.4, -0.2) is 47.5 Å². The second-order valence-corrected chi connectivity index (χ2v) is 9.87. The Kier molecular flexibility index (Phi) is 7.03. The number of aryl methyl sites for hydroxylation is 1. The first-order chi connectivity index (χ1) is 18.4. The van der Waals surface area contributed by atoms with Gasteiger partial charge in [0.15, 0.2) is 11.6 Å². The highest BCUT2D eigenvalue weighted by Crippen LogP contribution is 2.31. The van der Waals surface area contributed by atoms with Crippen LogP contribution in [0.4, 0.5) is 0 Å². The van der Waals surface area contributed by atoms with Crippen molar-refractivity contribution in [3.8, 4) is 5.00 Å². The lowest BCUT2D eigenvalue weighted by atomic mass is 10.0. The van der Waals surface area contributed by atoms with E-state index in [1.54, 1.807) is 48.5 Å². The number of hydrogen-bond acceptors (Lipinski definition) is 7. The van der Waals surface area contributed by atoms with Gasteiger partial charge in [-0.1, -0.05) is 48.9 Å². The minimum absolute atomic E-state index is 0.0560. The molecule has 2 aromatic carbocycles. The molecule has 2 N–H and O–H groups in total. The molecule has 3 heterocycles. The van der Waals surface area contributed by atoms with E-state index < -0.39 is 11.9 Å². The van der Waals surface area contributed by atoms with Crippen molar-refractivity contribution in [2.45, 2.75) is 26.4 Å². The highest BCUT2D eigenvalue weighted by atomic mass is 35.5. The lowest BCUT2D eigenvalue weighted by Crippen LogP contribution is -2.28. The molecule has 38 heavy (non-hydrogen) atoms. The summed E-state index contributed by atoms with van der Waals surface area (Å²) >= 11 is 7.66. The second kappa shape index (κ2) is 10.6. The van der Waals surface area contributed by atoms with Crippen molar-refractivity contribution in [1.82, 2.24) is 30.1 Å². The molecular formula is C26H21ClN6O4S. The fourth-order valence-corrected chi connectivity index (χ4v) is 5.42. The Morgan fingerprint density at radius 2 is 1.82 bits per heavy atom. The molecule has 0 atom stereocenters. The summed E-state index contributed by atoms with van der Waals surface area (Å²) in [6, 6.07) is 17.4. The quantitative estimate of drug-likeness (QED) is 0.264. The lowest BCUT2D eigenvalue weighted by Gasteiger charge is -2.10. The highest BCUT2D eigenvalue weighted by Gasteiger charge is 2.24. The van der Waals surface area contributed by atoms with Crippen LogP contribution in [0.3, 0.4) is 0 Å². The monoisotopic (exact) mass is 548 g/mol. The number of carbonyl (C=O) groups is 3. The number of carbonyl (C=O) groups excluding carboxylic acids is 2. The minimum atomic E-state index is -1.07. The largest absolute Gasteiger partial charge is 0.480 e. The van der Waals surface area contributed by atoms with Crippen molar-refractivity contribution in [2.24, 2.45) is 0 Å². The molecule has 0 aliphatic heterocycles. The zero-order valence-electron chi connectivity index (χ0n) is 20.1. The molecule has 10 nitrogen and oxygen atoms in total. The third kappa shape index (κ3) is 4.81. The van der Waals surface area contributed by atoms with Gasteiger partial charge < -0.3 is 15.0 Å². The first kappa shape index (κ1) is 25.3. The predicted molar refractivity (Wildman–Crippen MR) is 142 cm³/mol. The van der Waals surface area contributed by atoms with Crippen LogP contribution in [0.15, 0.2) is 60.7 Å². The molecule has 0 saturated heterocycles. The molecule has 12 heteroatoms. The van der Waals surface area contributed by atoms with E-state index in [-0.39, 0.29) is 24.6 Å². The summed E-state index contributed by atoms with van der Waals surface area (Å²) < 4.78 is 2.88. The molecule has 0 radical (unpaired) electrons. The number of carboxylic acid groups (broad SMARTS) is 1. The molecule has 3 aromatic heterocycles. The maximum Gasteiger partial charge on any atom is 0.323 e. The summed E-state index contributed by atoms with van der Waals surface area (Å²) in [6.07, 6.45) is 0.704. The summed E-state index contributed by atoms with van der Waals surface area (Å²) in [5.74, 6) is -1.50. The second-order valence-electron chi connectivity index (χ2n) is 8.35. The van der Waals surface area contributed by atoms with Crippen LogP contribution in [-0.2, 0) is 24.3 Å². The molecule has 0 aliphatic carbocycles. The standard InChI is InChI=1S/C26H21ClN6O4S/c1-2-16-12-18(24(36)17-8-4-5-9-19(17)27)26(38-16)33-22(29-30-31-33)13-28-25(37)21-11-15-7-3-6-10-20(15)32(21)14-23(34)35/h3-12H,2,13-14H2,1H3,(H,28,37)(H,34,35). The Bertz CT molecular complexity index is 1690. The van der Waals surface area contributed by atoms with Gasteiger partial charge in [-0.2, -0.15) is 4.68 Å². The van der Waals surface area contributed by atoms with E-state index in [0.717, 1.165) is 10.3 Å². The molecular weight excluding hydrogens is 528 g/mol. The molecule has 5 aromatic rings. The van der Waals surface area contributed by atoms with Gasteiger partial charge >= 0.3 is 5.97 Å². The average Bonchev–Trinajstić information content (AvgIpc) is 3.64. The summed E-state index contributed by atoms with van der Waals surface area (Å²) in [5, 5.41) is 25.7. The van der Waals surface area contributed by atoms with Gasteiger partial charge in [-0.15, -0.1) is 16.4 Å². The molecule has 5 rings (SSSR count). The summed E-state index contributed by atoms with van der Waals surface area (Å²) in [7, 11) is 0. The Balaban J connectivity index is 1.44.